The van der Waals surface area contributed by atoms with E-state index >= 15 is 0 Å². The Morgan fingerprint density at radius 2 is 1.94 bits per heavy atom. The number of hydrogen-bond acceptors (Lipinski definition) is 3. The quantitative estimate of drug-likeness (QED) is 0.471. The fourth-order valence-corrected chi connectivity index (χ4v) is 1.31. The first-order valence-corrected chi connectivity index (χ1v) is 4.22. The van der Waals surface area contributed by atoms with Crippen LogP contribution in [-0.2, 0) is 6.18 Å². The second-order valence-corrected chi connectivity index (χ2v) is 3.16. The molecule has 0 aromatic carbocycles. The fourth-order valence-electron chi connectivity index (χ4n) is 1.02. The predicted octanol–water partition coefficient (Wildman–Crippen LogP) is 3.60. The van der Waals surface area contributed by atoms with Gasteiger partial charge in [0.2, 0.25) is 5.69 Å². The van der Waals surface area contributed by atoms with Gasteiger partial charge in [-0.15, -0.1) is 0 Å². The number of pyridine rings is 1. The molecular formula is C7H2ClF5N2O2. The average Bonchev–Trinajstić information content (AvgIpc) is 2.14. The molecule has 0 unspecified atom stereocenters. The smallest absolute Gasteiger partial charge is 0.258 e. The van der Waals surface area contributed by atoms with Crippen LogP contribution >= 0.6 is 11.6 Å². The first-order chi connectivity index (χ1) is 7.66. The summed E-state index contributed by atoms with van der Waals surface area (Å²) in [6.07, 6.45) is -8.23. The van der Waals surface area contributed by atoms with Gasteiger partial charge in [-0.25, -0.2) is 13.8 Å². The molecule has 94 valence electrons. The maximum atomic E-state index is 12.3. The zero-order valence-corrected chi connectivity index (χ0v) is 8.39. The first-order valence-electron chi connectivity index (χ1n) is 3.84. The van der Waals surface area contributed by atoms with Crippen LogP contribution in [-0.4, -0.2) is 9.91 Å². The Bertz CT molecular complexity index is 462. The van der Waals surface area contributed by atoms with E-state index in [0.29, 0.717) is 0 Å². The van der Waals surface area contributed by atoms with Gasteiger partial charge in [0, 0.05) is 6.20 Å². The van der Waals surface area contributed by atoms with Crippen molar-refractivity contribution in [2.45, 2.75) is 12.6 Å². The van der Waals surface area contributed by atoms with Gasteiger partial charge in [0.05, 0.1) is 10.5 Å². The third-order valence-electron chi connectivity index (χ3n) is 1.70. The minimum Gasteiger partial charge on any atom is -0.258 e. The second-order valence-electron chi connectivity index (χ2n) is 2.78. The summed E-state index contributed by atoms with van der Waals surface area (Å²) in [5.41, 5.74) is -4.69. The Morgan fingerprint density at radius 3 is 2.29 bits per heavy atom. The van der Waals surface area contributed by atoms with Gasteiger partial charge >= 0.3 is 11.9 Å². The van der Waals surface area contributed by atoms with E-state index in [2.05, 4.69) is 4.98 Å². The van der Waals surface area contributed by atoms with Crippen molar-refractivity contribution in [2.24, 2.45) is 0 Å². The molecule has 1 rings (SSSR count). The zero-order chi connectivity index (χ0) is 13.4. The maximum absolute atomic E-state index is 12.3. The van der Waals surface area contributed by atoms with E-state index in [9.17, 15) is 32.1 Å². The van der Waals surface area contributed by atoms with Gasteiger partial charge in [-0.2, -0.15) is 13.2 Å². The molecule has 1 aromatic heterocycles. The van der Waals surface area contributed by atoms with Crippen LogP contribution in [0.2, 0.25) is 5.02 Å². The standard InChI is InChI=1S/C7H2ClF5N2O2/c8-3-2(6(9)10)1-14-5(7(11,12)13)4(3)15(16)17/h1,6H. The van der Waals surface area contributed by atoms with E-state index in [1.54, 1.807) is 0 Å². The molecule has 17 heavy (non-hydrogen) atoms. The van der Waals surface area contributed by atoms with E-state index in [1.165, 1.54) is 0 Å². The summed E-state index contributed by atoms with van der Waals surface area (Å²) in [5, 5.41) is 9.14. The second kappa shape index (κ2) is 4.40. The minimum absolute atomic E-state index is 0.169. The topological polar surface area (TPSA) is 56.0 Å². The Hall–Kier alpha value is -1.51. The van der Waals surface area contributed by atoms with Crippen molar-refractivity contribution >= 4 is 17.3 Å². The molecule has 0 atom stereocenters. The number of alkyl halides is 5. The molecule has 10 heteroatoms. The average molecular weight is 277 g/mol. The van der Waals surface area contributed by atoms with Crippen molar-refractivity contribution in [1.29, 1.82) is 0 Å². The zero-order valence-electron chi connectivity index (χ0n) is 7.63. The van der Waals surface area contributed by atoms with E-state index in [0.717, 1.165) is 0 Å². The molecule has 4 nitrogen and oxygen atoms in total. The highest BCUT2D eigenvalue weighted by Crippen LogP contribution is 2.41. The molecule has 0 N–H and O–H groups in total. The Kier molecular flexibility index (Phi) is 3.51. The summed E-state index contributed by atoms with van der Waals surface area (Å²) in [5.74, 6) is 0. The summed E-state index contributed by atoms with van der Waals surface area (Å²) in [6.45, 7) is 0. The molecule has 0 amide bonds. The molecule has 0 saturated heterocycles. The van der Waals surface area contributed by atoms with Gasteiger partial charge in [0.1, 0.15) is 5.02 Å². The Labute approximate surface area is 95.2 Å². The molecule has 0 saturated carbocycles. The highest BCUT2D eigenvalue weighted by atomic mass is 35.5. The van der Waals surface area contributed by atoms with Crippen LogP contribution in [0.15, 0.2) is 6.20 Å². The molecule has 0 spiro atoms. The molecular weight excluding hydrogens is 275 g/mol. The van der Waals surface area contributed by atoms with Crippen LogP contribution in [0.5, 0.6) is 0 Å². The van der Waals surface area contributed by atoms with Gasteiger partial charge < -0.3 is 0 Å². The van der Waals surface area contributed by atoms with Crippen molar-refractivity contribution in [3.05, 3.63) is 32.6 Å². The van der Waals surface area contributed by atoms with E-state index in [4.69, 9.17) is 11.6 Å². The molecule has 0 aliphatic rings. The summed E-state index contributed by atoms with van der Waals surface area (Å²) in [6, 6.07) is 0. The highest BCUT2D eigenvalue weighted by molar-refractivity contribution is 6.33. The van der Waals surface area contributed by atoms with Crippen LogP contribution in [0.4, 0.5) is 27.6 Å². The van der Waals surface area contributed by atoms with Crippen molar-refractivity contribution in [1.82, 2.24) is 4.98 Å². The number of nitro groups is 1. The predicted molar refractivity (Wildman–Crippen MR) is 45.9 cm³/mol. The Morgan fingerprint density at radius 1 is 1.41 bits per heavy atom. The molecule has 1 aromatic rings. The van der Waals surface area contributed by atoms with E-state index in [-0.39, 0.29) is 6.20 Å². The molecule has 0 aliphatic heterocycles. The van der Waals surface area contributed by atoms with Crippen LogP contribution < -0.4 is 0 Å². The number of nitrogens with zero attached hydrogens (tertiary/aromatic N) is 2. The monoisotopic (exact) mass is 276 g/mol. The van der Waals surface area contributed by atoms with Gasteiger partial charge in [-0.3, -0.25) is 10.1 Å². The molecule has 0 aliphatic carbocycles. The van der Waals surface area contributed by atoms with Gasteiger partial charge in [0.15, 0.2) is 0 Å². The molecule has 0 bridgehead atoms. The SMILES string of the molecule is O=[N+]([O-])c1c(C(F)(F)F)ncc(C(F)F)c1Cl. The lowest BCUT2D eigenvalue weighted by atomic mass is 10.2. The largest absolute Gasteiger partial charge is 0.440 e. The summed E-state index contributed by atoms with van der Waals surface area (Å²) in [4.78, 5) is 11.5. The molecule has 1 heterocycles. The third kappa shape index (κ3) is 2.60. The first kappa shape index (κ1) is 13.6. The van der Waals surface area contributed by atoms with Crippen molar-refractivity contribution in [3.8, 4) is 0 Å². The number of aromatic nitrogens is 1. The maximum Gasteiger partial charge on any atom is 0.440 e. The van der Waals surface area contributed by atoms with Crippen LogP contribution in [0.1, 0.15) is 17.7 Å². The fraction of sp³-hybridized carbons (Fsp3) is 0.286. The van der Waals surface area contributed by atoms with Gasteiger partial charge in [0.25, 0.3) is 6.43 Å². The lowest BCUT2D eigenvalue weighted by molar-refractivity contribution is -0.388. The highest BCUT2D eigenvalue weighted by Gasteiger charge is 2.43. The van der Waals surface area contributed by atoms with E-state index in [1.807, 2.05) is 0 Å². The van der Waals surface area contributed by atoms with Crippen molar-refractivity contribution < 1.29 is 26.9 Å². The third-order valence-corrected chi connectivity index (χ3v) is 2.10. The normalized spacial score (nSPS) is 11.9. The van der Waals surface area contributed by atoms with Gasteiger partial charge in [-0.1, -0.05) is 11.6 Å². The van der Waals surface area contributed by atoms with Crippen molar-refractivity contribution in [2.75, 3.05) is 0 Å². The summed E-state index contributed by atoms with van der Waals surface area (Å²) >= 11 is 5.15. The molecule has 0 fully saturated rings. The van der Waals surface area contributed by atoms with Crippen LogP contribution in [0, 0.1) is 10.1 Å². The molecule has 0 radical (unpaired) electrons. The lowest BCUT2D eigenvalue weighted by Crippen LogP contribution is -2.13. The van der Waals surface area contributed by atoms with Crippen LogP contribution in [0.3, 0.4) is 0 Å². The summed E-state index contributed by atoms with van der Waals surface area (Å²) in [7, 11) is 0. The number of hydrogen-bond donors (Lipinski definition) is 0. The number of halogens is 6. The van der Waals surface area contributed by atoms with Crippen molar-refractivity contribution in [3.63, 3.8) is 0 Å². The summed E-state index contributed by atoms with van der Waals surface area (Å²) < 4.78 is 61.5. The van der Waals surface area contributed by atoms with Gasteiger partial charge in [-0.05, 0) is 0 Å². The Balaban J connectivity index is 3.57. The van der Waals surface area contributed by atoms with Crippen LogP contribution in [0.25, 0.3) is 0 Å². The number of rotatable bonds is 2. The minimum atomic E-state index is -5.15. The lowest BCUT2D eigenvalue weighted by Gasteiger charge is -2.09. The van der Waals surface area contributed by atoms with E-state index < -0.39 is 39.5 Å².